The number of hydrogen-bond donors (Lipinski definition) is 2. The molecule has 3 heterocycles. The summed E-state index contributed by atoms with van der Waals surface area (Å²) in [5.74, 6) is 0.497. The fourth-order valence-electron chi connectivity index (χ4n) is 4.22. The Morgan fingerprint density at radius 2 is 2.12 bits per heavy atom. The summed E-state index contributed by atoms with van der Waals surface area (Å²) in [6, 6.07) is -0.443. The van der Waals surface area contributed by atoms with Crippen LogP contribution in [0.3, 0.4) is 0 Å². The molecule has 1 aromatic rings. The molecule has 2 N–H and O–H groups in total. The number of rotatable bonds is 3. The minimum Gasteiger partial charge on any atom is -0.350 e. The van der Waals surface area contributed by atoms with E-state index in [1.807, 2.05) is 10.8 Å². The second kappa shape index (κ2) is 6.16. The summed E-state index contributed by atoms with van der Waals surface area (Å²) < 4.78 is 2.03. The molecule has 1 saturated carbocycles. The van der Waals surface area contributed by atoms with Gasteiger partial charge in [0.1, 0.15) is 17.9 Å². The number of amides is 4. The number of imide groups is 1. The van der Waals surface area contributed by atoms with Crippen molar-refractivity contribution in [2.24, 2.45) is 0 Å². The first-order chi connectivity index (χ1) is 12.1. The molecule has 8 nitrogen and oxygen atoms in total. The molecular formula is C17H23N5O3. The molecule has 3 aliphatic rings. The van der Waals surface area contributed by atoms with Crippen LogP contribution in [0.1, 0.15) is 44.3 Å². The van der Waals surface area contributed by atoms with E-state index in [1.165, 1.54) is 0 Å². The summed E-state index contributed by atoms with van der Waals surface area (Å²) >= 11 is 0. The number of carbonyl (C=O) groups excluding carboxylic acids is 3. The van der Waals surface area contributed by atoms with Crippen LogP contribution in [-0.2, 0) is 22.6 Å². The SMILES string of the molecule is O=C(CN1C(=O)NC2(CCCCC2)C1=O)N[C@H]1CCc2nccn2C1. The molecule has 8 heteroatoms. The highest BCUT2D eigenvalue weighted by molar-refractivity contribution is 6.09. The third-order valence-corrected chi connectivity index (χ3v) is 5.56. The number of urea groups is 1. The molecule has 0 radical (unpaired) electrons. The van der Waals surface area contributed by atoms with Crippen LogP contribution in [0, 0.1) is 0 Å². The van der Waals surface area contributed by atoms with Crippen molar-refractivity contribution in [1.29, 1.82) is 0 Å². The third kappa shape index (κ3) is 2.89. The van der Waals surface area contributed by atoms with Gasteiger partial charge in [0.2, 0.25) is 5.91 Å². The molecule has 1 aliphatic carbocycles. The Morgan fingerprint density at radius 3 is 2.92 bits per heavy atom. The zero-order chi connectivity index (χ0) is 17.4. The maximum absolute atomic E-state index is 12.7. The number of aryl methyl sites for hydroxylation is 1. The van der Waals surface area contributed by atoms with E-state index < -0.39 is 11.6 Å². The van der Waals surface area contributed by atoms with Gasteiger partial charge in [-0.3, -0.25) is 14.5 Å². The van der Waals surface area contributed by atoms with Crippen molar-refractivity contribution >= 4 is 17.8 Å². The zero-order valence-electron chi connectivity index (χ0n) is 14.2. The molecular weight excluding hydrogens is 322 g/mol. The van der Waals surface area contributed by atoms with Crippen LogP contribution in [0.2, 0.25) is 0 Å². The molecule has 25 heavy (non-hydrogen) atoms. The molecule has 1 aromatic heterocycles. The Hall–Kier alpha value is -2.38. The Labute approximate surface area is 146 Å². The summed E-state index contributed by atoms with van der Waals surface area (Å²) in [6.07, 6.45) is 9.57. The van der Waals surface area contributed by atoms with Crippen molar-refractivity contribution in [2.75, 3.05) is 6.54 Å². The summed E-state index contributed by atoms with van der Waals surface area (Å²) in [7, 11) is 0. The molecule has 2 aliphatic heterocycles. The van der Waals surface area contributed by atoms with E-state index >= 15 is 0 Å². The lowest BCUT2D eigenvalue weighted by Crippen LogP contribution is -2.49. The van der Waals surface area contributed by atoms with Gasteiger partial charge in [-0.2, -0.15) is 0 Å². The molecule has 134 valence electrons. The van der Waals surface area contributed by atoms with Crippen LogP contribution < -0.4 is 10.6 Å². The number of nitrogens with one attached hydrogen (secondary N) is 2. The second-order valence-corrected chi connectivity index (χ2v) is 7.26. The maximum Gasteiger partial charge on any atom is 0.325 e. The van der Waals surface area contributed by atoms with E-state index in [4.69, 9.17) is 0 Å². The first-order valence-electron chi connectivity index (χ1n) is 9.01. The predicted molar refractivity (Wildman–Crippen MR) is 88.5 cm³/mol. The zero-order valence-corrected chi connectivity index (χ0v) is 14.2. The van der Waals surface area contributed by atoms with Gasteiger partial charge in [0.15, 0.2) is 0 Å². The number of aromatic nitrogens is 2. The van der Waals surface area contributed by atoms with E-state index in [0.29, 0.717) is 19.4 Å². The predicted octanol–water partition coefficient (Wildman–Crippen LogP) is 0.569. The maximum atomic E-state index is 12.7. The van der Waals surface area contributed by atoms with E-state index in [2.05, 4.69) is 15.6 Å². The fraction of sp³-hybridized carbons (Fsp3) is 0.647. The van der Waals surface area contributed by atoms with Crippen molar-refractivity contribution in [2.45, 2.75) is 63.1 Å². The average molecular weight is 345 g/mol. The Kier molecular flexibility index (Phi) is 3.97. The van der Waals surface area contributed by atoms with Gasteiger partial charge in [0.25, 0.3) is 5.91 Å². The first-order valence-corrected chi connectivity index (χ1v) is 9.01. The molecule has 0 aromatic carbocycles. The van der Waals surface area contributed by atoms with E-state index in [-0.39, 0.29) is 24.4 Å². The van der Waals surface area contributed by atoms with Crippen LogP contribution in [-0.4, -0.2) is 50.4 Å². The first kappa shape index (κ1) is 16.1. The number of nitrogens with zero attached hydrogens (tertiary/aromatic N) is 3. The Bertz CT molecular complexity index is 707. The number of carbonyl (C=O) groups is 3. The third-order valence-electron chi connectivity index (χ3n) is 5.56. The lowest BCUT2D eigenvalue weighted by atomic mass is 9.82. The number of hydrogen-bond acceptors (Lipinski definition) is 4. The Balaban J connectivity index is 1.36. The summed E-state index contributed by atoms with van der Waals surface area (Å²) in [4.78, 5) is 42.6. The minimum absolute atomic E-state index is 0.00129. The molecule has 0 bridgehead atoms. The molecule has 2 fully saturated rings. The van der Waals surface area contributed by atoms with Crippen LogP contribution in [0.4, 0.5) is 4.79 Å². The van der Waals surface area contributed by atoms with Crippen LogP contribution in [0.25, 0.3) is 0 Å². The van der Waals surface area contributed by atoms with Crippen molar-refractivity contribution < 1.29 is 14.4 Å². The Morgan fingerprint density at radius 1 is 1.32 bits per heavy atom. The van der Waals surface area contributed by atoms with Crippen molar-refractivity contribution in [1.82, 2.24) is 25.1 Å². The van der Waals surface area contributed by atoms with Gasteiger partial charge >= 0.3 is 6.03 Å². The number of imidazole rings is 1. The fourth-order valence-corrected chi connectivity index (χ4v) is 4.22. The highest BCUT2D eigenvalue weighted by Gasteiger charge is 2.51. The van der Waals surface area contributed by atoms with E-state index in [1.54, 1.807) is 6.20 Å². The van der Waals surface area contributed by atoms with Gasteiger partial charge in [-0.1, -0.05) is 19.3 Å². The van der Waals surface area contributed by atoms with Gasteiger partial charge in [0.05, 0.1) is 0 Å². The highest BCUT2D eigenvalue weighted by atomic mass is 16.2. The lowest BCUT2D eigenvalue weighted by molar-refractivity contribution is -0.136. The topological polar surface area (TPSA) is 96.3 Å². The van der Waals surface area contributed by atoms with Gasteiger partial charge < -0.3 is 15.2 Å². The van der Waals surface area contributed by atoms with Crippen LogP contribution in [0.5, 0.6) is 0 Å². The molecule has 4 rings (SSSR count). The largest absolute Gasteiger partial charge is 0.350 e. The quantitative estimate of drug-likeness (QED) is 0.783. The molecule has 1 spiro atoms. The second-order valence-electron chi connectivity index (χ2n) is 7.26. The molecule has 0 unspecified atom stereocenters. The average Bonchev–Trinajstić information content (AvgIpc) is 3.14. The van der Waals surface area contributed by atoms with Gasteiger partial charge in [0, 0.05) is 31.4 Å². The van der Waals surface area contributed by atoms with Crippen molar-refractivity contribution in [3.8, 4) is 0 Å². The van der Waals surface area contributed by atoms with E-state index in [0.717, 1.165) is 42.8 Å². The monoisotopic (exact) mass is 345 g/mol. The van der Waals surface area contributed by atoms with Crippen molar-refractivity contribution in [3.63, 3.8) is 0 Å². The minimum atomic E-state index is -0.772. The summed E-state index contributed by atoms with van der Waals surface area (Å²) in [5, 5.41) is 5.78. The standard InChI is InChI=1S/C17H23N5O3/c23-14(19-12-4-5-13-18-8-9-21(13)10-12)11-22-15(24)17(20-16(22)25)6-2-1-3-7-17/h8-9,12H,1-7,10-11H2,(H,19,23)(H,20,25)/t12-/m0/s1. The van der Waals surface area contributed by atoms with Gasteiger partial charge in [-0.15, -0.1) is 0 Å². The molecule has 1 atom stereocenters. The van der Waals surface area contributed by atoms with Crippen molar-refractivity contribution in [3.05, 3.63) is 18.2 Å². The van der Waals surface area contributed by atoms with Gasteiger partial charge in [-0.05, 0) is 19.3 Å². The highest BCUT2D eigenvalue weighted by Crippen LogP contribution is 2.33. The van der Waals surface area contributed by atoms with Gasteiger partial charge in [-0.25, -0.2) is 9.78 Å². The summed E-state index contributed by atoms with van der Waals surface area (Å²) in [5.41, 5.74) is -0.772. The normalized spacial score (nSPS) is 25.0. The lowest BCUT2D eigenvalue weighted by Gasteiger charge is -2.30. The van der Waals surface area contributed by atoms with Crippen LogP contribution in [0.15, 0.2) is 12.4 Å². The molecule has 4 amide bonds. The number of fused-ring (bicyclic) bond motifs is 1. The van der Waals surface area contributed by atoms with E-state index in [9.17, 15) is 14.4 Å². The molecule has 1 saturated heterocycles. The smallest absolute Gasteiger partial charge is 0.325 e. The summed E-state index contributed by atoms with van der Waals surface area (Å²) in [6.45, 7) is 0.463. The van der Waals surface area contributed by atoms with Crippen LogP contribution >= 0.6 is 0 Å².